The Morgan fingerprint density at radius 1 is 1.43 bits per heavy atom. The molecule has 1 aromatic rings. The fourth-order valence-electron chi connectivity index (χ4n) is 1.47. The Balaban J connectivity index is 2.34. The van der Waals surface area contributed by atoms with E-state index in [1.165, 1.54) is 0 Å². The maximum Gasteiger partial charge on any atom is 0.184 e. The van der Waals surface area contributed by atoms with Crippen LogP contribution in [0.1, 0.15) is 13.8 Å². The van der Waals surface area contributed by atoms with Gasteiger partial charge >= 0.3 is 0 Å². The second-order valence-electron chi connectivity index (χ2n) is 4.46. The predicted octanol–water partition coefficient (Wildman–Crippen LogP) is 2.22. The van der Waals surface area contributed by atoms with Crippen molar-refractivity contribution in [3.63, 3.8) is 0 Å². The molecule has 2 rings (SSSR count). The number of phenolic OH excluding ortho intramolecular Hbond substituents is 1. The standard InChI is InChI=1S/C11H15NO2/c1-11(2)6-12-8-4-3-5-9(13)10(8)14-7-11/h3-5,12-13H,6-7H2,1-2H3. The van der Waals surface area contributed by atoms with Crippen molar-refractivity contribution in [2.24, 2.45) is 5.41 Å². The van der Waals surface area contributed by atoms with Gasteiger partial charge < -0.3 is 15.2 Å². The highest BCUT2D eigenvalue weighted by molar-refractivity contribution is 5.63. The van der Waals surface area contributed by atoms with Crippen LogP contribution in [0.25, 0.3) is 0 Å². The number of ether oxygens (including phenoxy) is 1. The van der Waals surface area contributed by atoms with E-state index in [0.717, 1.165) is 12.2 Å². The average molecular weight is 193 g/mol. The molecule has 2 N–H and O–H groups in total. The van der Waals surface area contributed by atoms with Crippen LogP contribution in [0.2, 0.25) is 0 Å². The molecule has 14 heavy (non-hydrogen) atoms. The molecule has 0 amide bonds. The Morgan fingerprint density at radius 3 is 3.00 bits per heavy atom. The SMILES string of the molecule is CC1(C)CNc2cccc(O)c2OC1. The third-order valence-electron chi connectivity index (χ3n) is 2.36. The summed E-state index contributed by atoms with van der Waals surface area (Å²) >= 11 is 0. The summed E-state index contributed by atoms with van der Waals surface area (Å²) < 4.78 is 5.58. The van der Waals surface area contributed by atoms with Gasteiger partial charge in [0.15, 0.2) is 11.5 Å². The van der Waals surface area contributed by atoms with Gasteiger partial charge in [0.2, 0.25) is 0 Å². The van der Waals surface area contributed by atoms with E-state index in [1.807, 2.05) is 12.1 Å². The molecule has 0 bridgehead atoms. The number of benzene rings is 1. The molecule has 0 saturated heterocycles. The van der Waals surface area contributed by atoms with E-state index in [0.29, 0.717) is 12.4 Å². The highest BCUT2D eigenvalue weighted by atomic mass is 16.5. The second-order valence-corrected chi connectivity index (χ2v) is 4.46. The Hall–Kier alpha value is -1.38. The third kappa shape index (κ3) is 1.62. The molecule has 1 heterocycles. The lowest BCUT2D eigenvalue weighted by Crippen LogP contribution is -2.27. The van der Waals surface area contributed by atoms with Gasteiger partial charge in [-0.25, -0.2) is 0 Å². The van der Waals surface area contributed by atoms with Crippen LogP contribution < -0.4 is 10.1 Å². The van der Waals surface area contributed by atoms with Gasteiger partial charge in [-0.05, 0) is 12.1 Å². The number of phenols is 1. The van der Waals surface area contributed by atoms with Crippen LogP contribution in [-0.4, -0.2) is 18.3 Å². The monoisotopic (exact) mass is 193 g/mol. The van der Waals surface area contributed by atoms with Crippen molar-refractivity contribution in [1.29, 1.82) is 0 Å². The molecule has 0 radical (unpaired) electrons. The molecule has 1 aliphatic rings. The van der Waals surface area contributed by atoms with E-state index in [4.69, 9.17) is 4.74 Å². The number of hydrogen-bond acceptors (Lipinski definition) is 3. The molecule has 0 spiro atoms. The fraction of sp³-hybridized carbons (Fsp3) is 0.455. The highest BCUT2D eigenvalue weighted by Gasteiger charge is 2.24. The van der Waals surface area contributed by atoms with Crippen molar-refractivity contribution < 1.29 is 9.84 Å². The van der Waals surface area contributed by atoms with E-state index >= 15 is 0 Å². The van der Waals surface area contributed by atoms with Crippen LogP contribution in [0.15, 0.2) is 18.2 Å². The first-order valence-corrected chi connectivity index (χ1v) is 4.77. The summed E-state index contributed by atoms with van der Waals surface area (Å²) in [6.45, 7) is 5.72. The number of fused-ring (bicyclic) bond motifs is 1. The van der Waals surface area contributed by atoms with Crippen molar-refractivity contribution in [1.82, 2.24) is 0 Å². The lowest BCUT2D eigenvalue weighted by Gasteiger charge is -2.20. The van der Waals surface area contributed by atoms with Crippen molar-refractivity contribution >= 4 is 5.69 Å². The first kappa shape index (κ1) is 9.19. The summed E-state index contributed by atoms with van der Waals surface area (Å²) in [4.78, 5) is 0. The van der Waals surface area contributed by atoms with Crippen LogP contribution in [0.3, 0.4) is 0 Å². The van der Waals surface area contributed by atoms with Crippen molar-refractivity contribution in [2.45, 2.75) is 13.8 Å². The van der Waals surface area contributed by atoms with Gasteiger partial charge in [-0.3, -0.25) is 0 Å². The van der Waals surface area contributed by atoms with Crippen molar-refractivity contribution in [3.05, 3.63) is 18.2 Å². The highest BCUT2D eigenvalue weighted by Crippen LogP contribution is 2.37. The van der Waals surface area contributed by atoms with Crippen molar-refractivity contribution in [3.8, 4) is 11.5 Å². The molecule has 76 valence electrons. The summed E-state index contributed by atoms with van der Waals surface area (Å²) in [5, 5.41) is 12.9. The minimum absolute atomic E-state index is 0.0888. The smallest absolute Gasteiger partial charge is 0.184 e. The van der Waals surface area contributed by atoms with E-state index in [1.54, 1.807) is 6.07 Å². The van der Waals surface area contributed by atoms with Gasteiger partial charge in [-0.1, -0.05) is 19.9 Å². The second kappa shape index (κ2) is 3.08. The first-order valence-electron chi connectivity index (χ1n) is 4.77. The van der Waals surface area contributed by atoms with Gasteiger partial charge in [-0.15, -0.1) is 0 Å². The van der Waals surface area contributed by atoms with E-state index in [-0.39, 0.29) is 11.2 Å². The molecule has 0 fully saturated rings. The minimum Gasteiger partial charge on any atom is -0.504 e. The topological polar surface area (TPSA) is 41.5 Å². The lowest BCUT2D eigenvalue weighted by atomic mass is 9.95. The van der Waals surface area contributed by atoms with Crippen LogP contribution in [0.4, 0.5) is 5.69 Å². The molecule has 0 unspecified atom stereocenters. The summed E-state index contributed by atoms with van der Waals surface area (Å²) in [6.07, 6.45) is 0. The number of anilines is 1. The van der Waals surface area contributed by atoms with Gasteiger partial charge in [0.25, 0.3) is 0 Å². The number of aromatic hydroxyl groups is 1. The molecule has 0 atom stereocenters. The maximum atomic E-state index is 9.59. The summed E-state index contributed by atoms with van der Waals surface area (Å²) in [5.74, 6) is 0.769. The van der Waals surface area contributed by atoms with Crippen LogP contribution >= 0.6 is 0 Å². The Bertz CT molecular complexity index is 347. The van der Waals surface area contributed by atoms with E-state index < -0.39 is 0 Å². The molecule has 3 nitrogen and oxygen atoms in total. The Morgan fingerprint density at radius 2 is 2.21 bits per heavy atom. The summed E-state index contributed by atoms with van der Waals surface area (Å²) in [7, 11) is 0. The average Bonchev–Trinajstić information content (AvgIpc) is 2.27. The zero-order valence-corrected chi connectivity index (χ0v) is 8.50. The number of hydrogen-bond donors (Lipinski definition) is 2. The van der Waals surface area contributed by atoms with Crippen molar-refractivity contribution in [2.75, 3.05) is 18.5 Å². The summed E-state index contributed by atoms with van der Waals surface area (Å²) in [5.41, 5.74) is 0.960. The zero-order chi connectivity index (χ0) is 10.2. The maximum absolute atomic E-state index is 9.59. The van der Waals surface area contributed by atoms with Gasteiger partial charge in [0.05, 0.1) is 12.3 Å². The Labute approximate surface area is 83.7 Å². The molecule has 0 aromatic heterocycles. The van der Waals surface area contributed by atoms with Crippen LogP contribution in [-0.2, 0) is 0 Å². The molecular weight excluding hydrogens is 178 g/mol. The number of nitrogens with one attached hydrogen (secondary N) is 1. The molecular formula is C11H15NO2. The third-order valence-corrected chi connectivity index (χ3v) is 2.36. The largest absolute Gasteiger partial charge is 0.504 e. The predicted molar refractivity (Wildman–Crippen MR) is 55.9 cm³/mol. The molecule has 1 aliphatic heterocycles. The van der Waals surface area contributed by atoms with Gasteiger partial charge in [0, 0.05) is 12.0 Å². The first-order chi connectivity index (χ1) is 6.58. The molecule has 0 aliphatic carbocycles. The molecule has 0 saturated carbocycles. The van der Waals surface area contributed by atoms with Gasteiger partial charge in [-0.2, -0.15) is 0 Å². The normalized spacial score (nSPS) is 18.7. The number of para-hydroxylation sites is 1. The van der Waals surface area contributed by atoms with Gasteiger partial charge in [0.1, 0.15) is 0 Å². The molecule has 3 heteroatoms. The van der Waals surface area contributed by atoms with E-state index in [2.05, 4.69) is 19.2 Å². The Kier molecular flexibility index (Phi) is 2.02. The number of rotatable bonds is 0. The quantitative estimate of drug-likeness (QED) is 0.663. The fourth-order valence-corrected chi connectivity index (χ4v) is 1.47. The lowest BCUT2D eigenvalue weighted by molar-refractivity contribution is 0.194. The van der Waals surface area contributed by atoms with E-state index in [9.17, 15) is 5.11 Å². The van der Waals surface area contributed by atoms with Crippen LogP contribution in [0, 0.1) is 5.41 Å². The summed E-state index contributed by atoms with van der Waals surface area (Å²) in [6, 6.07) is 5.36. The molecule has 1 aromatic carbocycles. The van der Waals surface area contributed by atoms with Crippen LogP contribution in [0.5, 0.6) is 11.5 Å². The zero-order valence-electron chi connectivity index (χ0n) is 8.50. The minimum atomic E-state index is 0.0888.